The van der Waals surface area contributed by atoms with Gasteiger partial charge in [0.25, 0.3) is 0 Å². The Kier molecular flexibility index (Phi) is 5.79. The van der Waals surface area contributed by atoms with E-state index in [1.807, 2.05) is 44.1 Å². The number of hydrogen-bond acceptors (Lipinski definition) is 4. The number of carboxylic acids is 1. The molecule has 1 rings (SSSR count). The van der Waals surface area contributed by atoms with E-state index in [0.717, 1.165) is 23.4 Å². The molecule has 0 aliphatic rings. The largest absolute Gasteiger partial charge is 0.494 e. The third kappa shape index (κ3) is 4.89. The fraction of sp³-hybridized carbons (Fsp3) is 0.500. The van der Waals surface area contributed by atoms with Gasteiger partial charge in [-0.3, -0.25) is 4.79 Å². The second-order valence-corrected chi connectivity index (χ2v) is 4.76. The minimum absolute atomic E-state index is 0.322. The first-order valence-corrected chi connectivity index (χ1v) is 6.31. The van der Waals surface area contributed by atoms with Crippen molar-refractivity contribution in [1.82, 2.24) is 4.90 Å². The molecule has 0 saturated heterocycles. The summed E-state index contributed by atoms with van der Waals surface area (Å²) in [6, 6.07) is 4.85. The van der Waals surface area contributed by atoms with Crippen LogP contribution in [0.15, 0.2) is 18.2 Å². The molecule has 0 aliphatic carbocycles. The zero-order chi connectivity index (χ0) is 14.4. The Morgan fingerprint density at radius 1 is 1.47 bits per heavy atom. The Bertz CT molecular complexity index is 433. The van der Waals surface area contributed by atoms with Crippen molar-refractivity contribution in [2.24, 2.45) is 5.73 Å². The molecule has 1 unspecified atom stereocenters. The fourth-order valence-electron chi connectivity index (χ4n) is 1.86. The van der Waals surface area contributed by atoms with E-state index >= 15 is 0 Å². The molecule has 0 heterocycles. The first-order chi connectivity index (χ1) is 8.93. The lowest BCUT2D eigenvalue weighted by Gasteiger charge is -2.16. The van der Waals surface area contributed by atoms with E-state index in [-0.39, 0.29) is 0 Å². The Hall–Kier alpha value is -1.59. The van der Waals surface area contributed by atoms with Gasteiger partial charge < -0.3 is 20.5 Å². The van der Waals surface area contributed by atoms with Gasteiger partial charge in [-0.1, -0.05) is 12.1 Å². The Balaban J connectivity index is 2.93. The molecule has 1 aromatic carbocycles. The van der Waals surface area contributed by atoms with Gasteiger partial charge in [-0.15, -0.1) is 0 Å². The molecule has 0 radical (unpaired) electrons. The van der Waals surface area contributed by atoms with Crippen molar-refractivity contribution in [3.8, 4) is 5.75 Å². The molecule has 0 bridgehead atoms. The molecular formula is C14H22N2O3. The minimum atomic E-state index is -0.983. The van der Waals surface area contributed by atoms with E-state index in [4.69, 9.17) is 15.6 Å². The summed E-state index contributed by atoms with van der Waals surface area (Å²) in [7, 11) is 3.96. The quantitative estimate of drug-likeness (QED) is 0.773. The van der Waals surface area contributed by atoms with Gasteiger partial charge in [-0.2, -0.15) is 0 Å². The third-order valence-electron chi connectivity index (χ3n) is 2.68. The monoisotopic (exact) mass is 266 g/mol. The van der Waals surface area contributed by atoms with Gasteiger partial charge in [-0.25, -0.2) is 0 Å². The number of hydrogen-bond donors (Lipinski definition) is 2. The summed E-state index contributed by atoms with van der Waals surface area (Å²) in [5.41, 5.74) is 7.51. The number of rotatable bonds is 7. The van der Waals surface area contributed by atoms with Gasteiger partial charge in [0.1, 0.15) is 11.8 Å². The van der Waals surface area contributed by atoms with Crippen molar-refractivity contribution in [1.29, 1.82) is 0 Å². The lowest BCUT2D eigenvalue weighted by molar-refractivity contribution is -0.138. The van der Waals surface area contributed by atoms with E-state index < -0.39 is 12.0 Å². The van der Waals surface area contributed by atoms with Gasteiger partial charge in [0.15, 0.2) is 0 Å². The lowest BCUT2D eigenvalue weighted by Crippen LogP contribution is -2.32. The molecule has 0 aromatic heterocycles. The van der Waals surface area contributed by atoms with Crippen molar-refractivity contribution in [3.05, 3.63) is 29.3 Å². The van der Waals surface area contributed by atoms with Crippen molar-refractivity contribution in [2.75, 3.05) is 20.7 Å². The maximum atomic E-state index is 10.8. The van der Waals surface area contributed by atoms with Crippen LogP contribution in [-0.4, -0.2) is 42.7 Å². The van der Waals surface area contributed by atoms with Gasteiger partial charge in [0, 0.05) is 12.1 Å². The number of nitrogens with two attached hydrogens (primary N) is 1. The average molecular weight is 266 g/mol. The highest BCUT2D eigenvalue weighted by atomic mass is 16.5. The van der Waals surface area contributed by atoms with Crippen LogP contribution in [-0.2, 0) is 17.8 Å². The Morgan fingerprint density at radius 3 is 2.68 bits per heavy atom. The third-order valence-corrected chi connectivity index (χ3v) is 2.68. The van der Waals surface area contributed by atoms with Crippen LogP contribution in [0.5, 0.6) is 5.75 Å². The fourth-order valence-corrected chi connectivity index (χ4v) is 1.86. The summed E-state index contributed by atoms with van der Waals surface area (Å²) < 4.78 is 5.57. The number of carbonyl (C=O) groups is 1. The van der Waals surface area contributed by atoms with E-state index in [1.165, 1.54) is 0 Å². The molecule has 1 aromatic rings. The van der Waals surface area contributed by atoms with Crippen molar-refractivity contribution < 1.29 is 14.6 Å². The zero-order valence-corrected chi connectivity index (χ0v) is 11.7. The van der Waals surface area contributed by atoms with Crippen LogP contribution >= 0.6 is 0 Å². The van der Waals surface area contributed by atoms with Crippen LogP contribution in [0.3, 0.4) is 0 Å². The van der Waals surface area contributed by atoms with Crippen LogP contribution in [0.1, 0.15) is 18.1 Å². The predicted octanol–water partition coefficient (Wildman–Crippen LogP) is 1.10. The summed E-state index contributed by atoms with van der Waals surface area (Å²) in [6.45, 7) is 3.29. The van der Waals surface area contributed by atoms with E-state index in [0.29, 0.717) is 13.0 Å². The topological polar surface area (TPSA) is 75.8 Å². The van der Waals surface area contributed by atoms with Gasteiger partial charge in [0.05, 0.1) is 6.61 Å². The Labute approximate surface area is 114 Å². The Morgan fingerprint density at radius 2 is 2.16 bits per heavy atom. The standard InChI is InChI=1S/C14H22N2O3/c1-4-19-13-6-5-10(8-12(15)14(17)18)7-11(13)9-16(2)3/h5-7,12H,4,8-9,15H2,1-3H3,(H,17,18). The maximum absolute atomic E-state index is 10.8. The first kappa shape index (κ1) is 15.5. The number of carboxylic acid groups (broad SMARTS) is 1. The van der Waals surface area contributed by atoms with Gasteiger partial charge in [0.2, 0.25) is 0 Å². The molecule has 0 spiro atoms. The SMILES string of the molecule is CCOc1ccc(CC(N)C(=O)O)cc1CN(C)C. The number of ether oxygens (including phenoxy) is 1. The smallest absolute Gasteiger partial charge is 0.320 e. The van der Waals surface area contributed by atoms with E-state index in [2.05, 4.69) is 0 Å². The molecule has 5 nitrogen and oxygen atoms in total. The minimum Gasteiger partial charge on any atom is -0.494 e. The molecule has 5 heteroatoms. The van der Waals surface area contributed by atoms with Crippen LogP contribution in [0.25, 0.3) is 0 Å². The molecule has 19 heavy (non-hydrogen) atoms. The van der Waals surface area contributed by atoms with Crippen molar-refractivity contribution >= 4 is 5.97 Å². The summed E-state index contributed by atoms with van der Waals surface area (Å²) >= 11 is 0. The predicted molar refractivity (Wildman–Crippen MR) is 74.3 cm³/mol. The lowest BCUT2D eigenvalue weighted by atomic mass is 10.0. The van der Waals surface area contributed by atoms with Crippen LogP contribution in [0.2, 0.25) is 0 Å². The summed E-state index contributed by atoms with van der Waals surface area (Å²) in [6.07, 6.45) is 0.322. The highest BCUT2D eigenvalue weighted by Crippen LogP contribution is 2.22. The van der Waals surface area contributed by atoms with Crippen LogP contribution < -0.4 is 10.5 Å². The van der Waals surface area contributed by atoms with E-state index in [1.54, 1.807) is 0 Å². The van der Waals surface area contributed by atoms with Crippen LogP contribution in [0.4, 0.5) is 0 Å². The van der Waals surface area contributed by atoms with E-state index in [9.17, 15) is 4.79 Å². The molecule has 106 valence electrons. The molecular weight excluding hydrogens is 244 g/mol. The molecule has 0 saturated carbocycles. The highest BCUT2D eigenvalue weighted by molar-refractivity contribution is 5.73. The molecule has 0 amide bonds. The van der Waals surface area contributed by atoms with Crippen LogP contribution in [0, 0.1) is 0 Å². The summed E-state index contributed by atoms with van der Waals surface area (Å²) in [5, 5.41) is 8.84. The number of nitrogens with zero attached hydrogens (tertiary/aromatic N) is 1. The normalized spacial score (nSPS) is 12.5. The van der Waals surface area contributed by atoms with Crippen molar-refractivity contribution in [2.45, 2.75) is 25.9 Å². The number of benzene rings is 1. The molecule has 1 atom stereocenters. The summed E-state index contributed by atoms with van der Waals surface area (Å²) in [5.74, 6) is -0.146. The summed E-state index contributed by atoms with van der Waals surface area (Å²) in [4.78, 5) is 12.8. The zero-order valence-electron chi connectivity index (χ0n) is 11.7. The van der Waals surface area contributed by atoms with Gasteiger partial charge >= 0.3 is 5.97 Å². The maximum Gasteiger partial charge on any atom is 0.320 e. The second kappa shape index (κ2) is 7.11. The number of aliphatic carboxylic acids is 1. The highest BCUT2D eigenvalue weighted by Gasteiger charge is 2.14. The van der Waals surface area contributed by atoms with Gasteiger partial charge in [-0.05, 0) is 39.1 Å². The molecule has 0 aliphatic heterocycles. The molecule has 3 N–H and O–H groups in total. The second-order valence-electron chi connectivity index (χ2n) is 4.76. The average Bonchev–Trinajstić information content (AvgIpc) is 2.31. The van der Waals surface area contributed by atoms with Crippen molar-refractivity contribution in [3.63, 3.8) is 0 Å². The molecule has 0 fully saturated rings. The first-order valence-electron chi connectivity index (χ1n) is 6.31.